The third-order valence-corrected chi connectivity index (χ3v) is 4.63. The summed E-state index contributed by atoms with van der Waals surface area (Å²) >= 11 is 3.46. The Labute approximate surface area is 122 Å². The zero-order valence-electron chi connectivity index (χ0n) is 11.6. The molecule has 0 aliphatic rings. The van der Waals surface area contributed by atoms with Gasteiger partial charge in [0, 0.05) is 29.9 Å². The molecule has 0 spiro atoms. The van der Waals surface area contributed by atoms with Gasteiger partial charge in [0.1, 0.15) is 5.01 Å². The number of nitrogens with zero attached hydrogens (tertiary/aromatic N) is 3. The highest BCUT2D eigenvalue weighted by Gasteiger charge is 2.08. The van der Waals surface area contributed by atoms with Gasteiger partial charge < -0.3 is 5.32 Å². The van der Waals surface area contributed by atoms with Gasteiger partial charge in [-0.15, -0.1) is 22.7 Å². The monoisotopic (exact) mass is 296 g/mol. The summed E-state index contributed by atoms with van der Waals surface area (Å²) in [5.41, 5.74) is 4.21. The van der Waals surface area contributed by atoms with E-state index in [4.69, 9.17) is 0 Å². The van der Waals surface area contributed by atoms with E-state index in [-0.39, 0.29) is 0 Å². The van der Waals surface area contributed by atoms with Crippen LogP contribution < -0.4 is 5.32 Å². The molecular formula is C13H20N4S2. The summed E-state index contributed by atoms with van der Waals surface area (Å²) in [6.45, 7) is 7.87. The van der Waals surface area contributed by atoms with E-state index in [1.54, 1.807) is 22.7 Å². The summed E-state index contributed by atoms with van der Waals surface area (Å²) in [6, 6.07) is 0. The van der Waals surface area contributed by atoms with Crippen molar-refractivity contribution in [1.82, 2.24) is 20.2 Å². The first-order chi connectivity index (χ1) is 9.19. The molecule has 0 unspecified atom stereocenters. The molecule has 2 aromatic rings. The van der Waals surface area contributed by atoms with Crippen molar-refractivity contribution >= 4 is 22.7 Å². The van der Waals surface area contributed by atoms with Gasteiger partial charge in [0.15, 0.2) is 0 Å². The van der Waals surface area contributed by atoms with Gasteiger partial charge in [-0.1, -0.05) is 6.92 Å². The molecule has 0 aliphatic heterocycles. The highest BCUT2D eigenvalue weighted by molar-refractivity contribution is 7.10. The second kappa shape index (κ2) is 7.09. The molecule has 0 radical (unpaired) electrons. The van der Waals surface area contributed by atoms with Gasteiger partial charge in [-0.2, -0.15) is 0 Å². The lowest BCUT2D eigenvalue weighted by Gasteiger charge is -2.14. The number of aryl methyl sites for hydroxylation is 1. The fourth-order valence-electron chi connectivity index (χ4n) is 1.79. The Bertz CT molecular complexity index is 506. The predicted octanol–water partition coefficient (Wildman–Crippen LogP) is 2.65. The first-order valence-electron chi connectivity index (χ1n) is 6.40. The Morgan fingerprint density at radius 1 is 1.32 bits per heavy atom. The van der Waals surface area contributed by atoms with Gasteiger partial charge in [-0.25, -0.2) is 9.97 Å². The van der Waals surface area contributed by atoms with Crippen molar-refractivity contribution in [3.05, 3.63) is 32.2 Å². The van der Waals surface area contributed by atoms with Crippen LogP contribution in [0.3, 0.4) is 0 Å². The number of hydrogen-bond acceptors (Lipinski definition) is 6. The van der Waals surface area contributed by atoms with Crippen molar-refractivity contribution in [2.75, 3.05) is 13.6 Å². The summed E-state index contributed by atoms with van der Waals surface area (Å²) in [6.07, 6.45) is 0. The van der Waals surface area contributed by atoms with Crippen molar-refractivity contribution < 1.29 is 0 Å². The summed E-state index contributed by atoms with van der Waals surface area (Å²) in [4.78, 5) is 12.5. The van der Waals surface area contributed by atoms with E-state index in [2.05, 4.69) is 46.5 Å². The normalized spacial score (nSPS) is 11.4. The molecule has 4 nitrogen and oxygen atoms in total. The lowest BCUT2D eigenvalue weighted by molar-refractivity contribution is 0.317. The second-order valence-electron chi connectivity index (χ2n) is 4.55. The van der Waals surface area contributed by atoms with Crippen molar-refractivity contribution in [2.45, 2.75) is 33.5 Å². The molecule has 0 aromatic carbocycles. The van der Waals surface area contributed by atoms with Crippen LogP contribution >= 0.6 is 22.7 Å². The quantitative estimate of drug-likeness (QED) is 0.853. The Morgan fingerprint density at radius 3 is 2.84 bits per heavy atom. The second-order valence-corrected chi connectivity index (χ2v) is 6.43. The molecule has 0 atom stereocenters. The zero-order chi connectivity index (χ0) is 13.7. The highest BCUT2D eigenvalue weighted by atomic mass is 32.1. The number of thiazole rings is 2. The molecule has 0 amide bonds. The molecule has 0 saturated heterocycles. The average Bonchev–Trinajstić information content (AvgIpc) is 2.97. The molecule has 2 aromatic heterocycles. The lowest BCUT2D eigenvalue weighted by atomic mass is 10.3. The van der Waals surface area contributed by atoms with Gasteiger partial charge in [0.05, 0.1) is 16.9 Å². The molecule has 2 rings (SSSR count). The van der Waals surface area contributed by atoms with Crippen LogP contribution in [0.4, 0.5) is 0 Å². The Balaban J connectivity index is 1.86. The Morgan fingerprint density at radius 2 is 2.16 bits per heavy atom. The van der Waals surface area contributed by atoms with Crippen molar-refractivity contribution in [1.29, 1.82) is 0 Å². The minimum Gasteiger partial charge on any atom is -0.311 e. The molecule has 6 heteroatoms. The van der Waals surface area contributed by atoms with E-state index in [0.29, 0.717) is 0 Å². The van der Waals surface area contributed by atoms with E-state index >= 15 is 0 Å². The molecule has 0 bridgehead atoms. The van der Waals surface area contributed by atoms with E-state index in [1.165, 1.54) is 9.88 Å². The number of nitrogens with one attached hydrogen (secondary N) is 1. The van der Waals surface area contributed by atoms with Crippen LogP contribution in [0.1, 0.15) is 28.2 Å². The first-order valence-corrected chi connectivity index (χ1v) is 8.16. The van der Waals surface area contributed by atoms with E-state index in [9.17, 15) is 0 Å². The molecule has 0 fully saturated rings. The van der Waals surface area contributed by atoms with Crippen LogP contribution in [-0.2, 0) is 19.6 Å². The number of aromatic nitrogens is 2. The maximum Gasteiger partial charge on any atom is 0.107 e. The molecule has 0 saturated carbocycles. The van der Waals surface area contributed by atoms with Crippen molar-refractivity contribution in [2.24, 2.45) is 0 Å². The Hall–Kier alpha value is -0.820. The van der Waals surface area contributed by atoms with Gasteiger partial charge in [0.25, 0.3) is 0 Å². The van der Waals surface area contributed by atoms with E-state index in [0.717, 1.165) is 37.6 Å². The van der Waals surface area contributed by atoms with Crippen LogP contribution in [0.2, 0.25) is 0 Å². The van der Waals surface area contributed by atoms with Crippen LogP contribution in [0, 0.1) is 6.92 Å². The first kappa shape index (κ1) is 14.6. The molecule has 0 aliphatic carbocycles. The lowest BCUT2D eigenvalue weighted by Crippen LogP contribution is -2.17. The smallest absolute Gasteiger partial charge is 0.107 e. The zero-order valence-corrected chi connectivity index (χ0v) is 13.3. The van der Waals surface area contributed by atoms with Gasteiger partial charge >= 0.3 is 0 Å². The van der Waals surface area contributed by atoms with Crippen LogP contribution in [0.25, 0.3) is 0 Å². The maximum atomic E-state index is 4.64. The fraction of sp³-hybridized carbons (Fsp3) is 0.538. The molecule has 104 valence electrons. The largest absolute Gasteiger partial charge is 0.311 e. The summed E-state index contributed by atoms with van der Waals surface area (Å²) in [5.74, 6) is 0. The minimum atomic E-state index is 0.874. The summed E-state index contributed by atoms with van der Waals surface area (Å²) in [7, 11) is 2.13. The molecule has 1 N–H and O–H groups in total. The van der Waals surface area contributed by atoms with Gasteiger partial charge in [0.2, 0.25) is 0 Å². The Kier molecular flexibility index (Phi) is 5.45. The van der Waals surface area contributed by atoms with Crippen LogP contribution in [0.15, 0.2) is 10.9 Å². The van der Waals surface area contributed by atoms with Crippen LogP contribution in [0.5, 0.6) is 0 Å². The van der Waals surface area contributed by atoms with E-state index < -0.39 is 0 Å². The predicted molar refractivity (Wildman–Crippen MR) is 81.5 cm³/mol. The molecule has 2 heterocycles. The van der Waals surface area contributed by atoms with Gasteiger partial charge in [-0.05, 0) is 20.5 Å². The third kappa shape index (κ3) is 4.35. The van der Waals surface area contributed by atoms with Crippen molar-refractivity contribution in [3.63, 3.8) is 0 Å². The average molecular weight is 296 g/mol. The standard InChI is InChI=1S/C13H20N4S2/c1-4-14-5-13-16-11(8-18-13)6-17(3)7-12-10(2)15-9-19-12/h8-9,14H,4-7H2,1-3H3. The maximum absolute atomic E-state index is 4.64. The third-order valence-electron chi connectivity index (χ3n) is 2.82. The fourth-order valence-corrected chi connectivity index (χ4v) is 3.40. The topological polar surface area (TPSA) is 41.1 Å². The van der Waals surface area contributed by atoms with Crippen molar-refractivity contribution in [3.8, 4) is 0 Å². The SMILES string of the molecule is CCNCc1nc(CN(C)Cc2scnc2C)cs1. The number of hydrogen-bond donors (Lipinski definition) is 1. The summed E-state index contributed by atoms with van der Waals surface area (Å²) in [5, 5.41) is 6.62. The number of rotatable bonds is 7. The molecule has 19 heavy (non-hydrogen) atoms. The van der Waals surface area contributed by atoms with Crippen LogP contribution in [-0.4, -0.2) is 28.5 Å². The minimum absolute atomic E-state index is 0.874. The van der Waals surface area contributed by atoms with Gasteiger partial charge in [-0.3, -0.25) is 4.90 Å². The summed E-state index contributed by atoms with van der Waals surface area (Å²) < 4.78 is 0. The highest BCUT2D eigenvalue weighted by Crippen LogP contribution is 2.16. The molecular weight excluding hydrogens is 276 g/mol. The van der Waals surface area contributed by atoms with E-state index in [1.807, 2.05) is 5.51 Å².